The van der Waals surface area contributed by atoms with Gasteiger partial charge < -0.3 is 4.74 Å². The van der Waals surface area contributed by atoms with E-state index in [9.17, 15) is 4.39 Å². The van der Waals surface area contributed by atoms with Crippen molar-refractivity contribution >= 4 is 23.2 Å². The Balaban J connectivity index is 2.16. The van der Waals surface area contributed by atoms with Crippen LogP contribution in [0.4, 0.5) is 4.39 Å². The van der Waals surface area contributed by atoms with Crippen molar-refractivity contribution < 1.29 is 9.13 Å². The van der Waals surface area contributed by atoms with Crippen LogP contribution >= 0.6 is 23.2 Å². The summed E-state index contributed by atoms with van der Waals surface area (Å²) in [5.74, 6) is 0.00449. The van der Waals surface area contributed by atoms with Crippen molar-refractivity contribution in [3.05, 3.63) is 63.4 Å². The maximum absolute atomic E-state index is 12.7. The predicted molar refractivity (Wildman–Crippen MR) is 71.9 cm³/mol. The average molecular weight is 296 g/mol. The van der Waals surface area contributed by atoms with Gasteiger partial charge in [-0.3, -0.25) is 0 Å². The summed E-state index contributed by atoms with van der Waals surface area (Å²) in [6.45, 7) is 0.214. The molecule has 2 aromatic rings. The van der Waals surface area contributed by atoms with Crippen LogP contribution in [0.3, 0.4) is 0 Å². The summed E-state index contributed by atoms with van der Waals surface area (Å²) < 4.78 is 18.2. The molecule has 2 aromatic carbocycles. The fourth-order valence-corrected chi connectivity index (χ4v) is 2.09. The van der Waals surface area contributed by atoms with Crippen LogP contribution in [-0.2, 0) is 6.61 Å². The van der Waals surface area contributed by atoms with Gasteiger partial charge >= 0.3 is 0 Å². The first-order chi connectivity index (χ1) is 9.10. The lowest BCUT2D eigenvalue weighted by atomic mass is 10.2. The minimum Gasteiger partial charge on any atom is -0.486 e. The molecule has 0 aliphatic rings. The van der Waals surface area contributed by atoms with E-state index < -0.39 is 0 Å². The Morgan fingerprint density at radius 3 is 2.21 bits per heavy atom. The van der Waals surface area contributed by atoms with Crippen LogP contribution in [0.5, 0.6) is 5.75 Å². The molecule has 0 aliphatic carbocycles. The largest absolute Gasteiger partial charge is 0.486 e. The highest BCUT2D eigenvalue weighted by atomic mass is 35.5. The molecule has 0 radical (unpaired) electrons. The Bertz CT molecular complexity index is 612. The van der Waals surface area contributed by atoms with Crippen molar-refractivity contribution in [3.63, 3.8) is 0 Å². The number of halogens is 3. The zero-order valence-corrected chi connectivity index (χ0v) is 11.2. The first-order valence-corrected chi connectivity index (χ1v) is 6.12. The molecule has 0 fully saturated rings. The van der Waals surface area contributed by atoms with Gasteiger partial charge in [-0.05, 0) is 29.8 Å². The second-order valence-corrected chi connectivity index (χ2v) is 4.61. The minimum absolute atomic E-state index is 0.214. The molecule has 0 spiro atoms. The molecule has 0 atom stereocenters. The molecule has 19 heavy (non-hydrogen) atoms. The third-order valence-electron chi connectivity index (χ3n) is 2.42. The Labute approximate surface area is 119 Å². The van der Waals surface area contributed by atoms with Crippen LogP contribution in [0.2, 0.25) is 10.0 Å². The van der Waals surface area contributed by atoms with Crippen LogP contribution in [0.15, 0.2) is 36.4 Å². The number of benzene rings is 2. The Hall–Kier alpha value is -1.76. The van der Waals surface area contributed by atoms with Crippen LogP contribution in [0.1, 0.15) is 11.1 Å². The Kier molecular flexibility index (Phi) is 4.26. The van der Waals surface area contributed by atoms with E-state index in [1.54, 1.807) is 12.1 Å². The summed E-state index contributed by atoms with van der Waals surface area (Å²) in [7, 11) is 0. The number of rotatable bonds is 3. The van der Waals surface area contributed by atoms with E-state index >= 15 is 0 Å². The molecule has 0 unspecified atom stereocenters. The Morgan fingerprint density at radius 2 is 1.68 bits per heavy atom. The van der Waals surface area contributed by atoms with E-state index in [1.807, 2.05) is 6.07 Å². The molecule has 0 aromatic heterocycles. The van der Waals surface area contributed by atoms with Gasteiger partial charge in [0.2, 0.25) is 0 Å². The summed E-state index contributed by atoms with van der Waals surface area (Å²) in [5, 5.41) is 9.31. The molecule has 0 aliphatic heterocycles. The lowest BCUT2D eigenvalue weighted by Gasteiger charge is -2.10. The van der Waals surface area contributed by atoms with Gasteiger partial charge in [-0.25, -0.2) is 4.39 Å². The molecule has 96 valence electrons. The molecular weight excluding hydrogens is 288 g/mol. The molecular formula is C14H8Cl2FNO. The molecule has 0 N–H and O–H groups in total. The number of ether oxygens (including phenoxy) is 1. The van der Waals surface area contributed by atoms with E-state index in [-0.39, 0.29) is 22.5 Å². The van der Waals surface area contributed by atoms with E-state index in [0.717, 1.165) is 5.56 Å². The van der Waals surface area contributed by atoms with Crippen LogP contribution in [-0.4, -0.2) is 0 Å². The lowest BCUT2D eigenvalue weighted by molar-refractivity contribution is 0.306. The fourth-order valence-electron chi connectivity index (χ4n) is 1.50. The van der Waals surface area contributed by atoms with Gasteiger partial charge in [0.1, 0.15) is 12.4 Å². The van der Waals surface area contributed by atoms with Gasteiger partial charge in [-0.15, -0.1) is 0 Å². The van der Waals surface area contributed by atoms with Gasteiger partial charge in [0, 0.05) is 0 Å². The van der Waals surface area contributed by atoms with Crippen LogP contribution in [0.25, 0.3) is 0 Å². The summed E-state index contributed by atoms with van der Waals surface area (Å²) in [6, 6.07) is 10.8. The van der Waals surface area contributed by atoms with Gasteiger partial charge in [-0.1, -0.05) is 35.3 Å². The quantitative estimate of drug-likeness (QED) is 0.830. The molecule has 0 amide bonds. The smallest absolute Gasteiger partial charge is 0.157 e. The molecule has 0 saturated heterocycles. The zero-order chi connectivity index (χ0) is 13.8. The molecule has 0 heterocycles. The number of hydrogen-bond acceptors (Lipinski definition) is 2. The molecule has 5 heteroatoms. The summed E-state index contributed by atoms with van der Waals surface area (Å²) in [4.78, 5) is 0. The van der Waals surface area contributed by atoms with Crippen molar-refractivity contribution in [3.8, 4) is 11.8 Å². The summed E-state index contributed by atoms with van der Waals surface area (Å²) in [6.07, 6.45) is 0. The van der Waals surface area contributed by atoms with Crippen molar-refractivity contribution in [1.29, 1.82) is 5.26 Å². The zero-order valence-electron chi connectivity index (χ0n) is 9.66. The van der Waals surface area contributed by atoms with E-state index in [1.165, 1.54) is 24.3 Å². The minimum atomic E-state index is -0.307. The second-order valence-electron chi connectivity index (χ2n) is 3.80. The monoisotopic (exact) mass is 295 g/mol. The first-order valence-electron chi connectivity index (χ1n) is 5.36. The second kappa shape index (κ2) is 5.92. The van der Waals surface area contributed by atoms with Gasteiger partial charge in [0.15, 0.2) is 5.75 Å². The standard InChI is InChI=1S/C14H8Cl2FNO/c15-12-5-10(7-18)6-13(16)14(12)19-8-9-1-3-11(17)4-2-9/h1-6H,8H2. The van der Waals surface area contributed by atoms with Gasteiger partial charge in [-0.2, -0.15) is 5.26 Å². The molecule has 0 saturated carbocycles. The summed E-state index contributed by atoms with van der Waals surface area (Å²) >= 11 is 12.0. The third-order valence-corrected chi connectivity index (χ3v) is 2.99. The molecule has 2 nitrogen and oxygen atoms in total. The predicted octanol–water partition coefficient (Wildman–Crippen LogP) is 4.58. The fraction of sp³-hybridized carbons (Fsp3) is 0.0714. The van der Waals surface area contributed by atoms with Crippen molar-refractivity contribution in [1.82, 2.24) is 0 Å². The molecule has 0 bridgehead atoms. The number of hydrogen-bond donors (Lipinski definition) is 0. The average Bonchev–Trinajstić information content (AvgIpc) is 2.39. The molecule has 2 rings (SSSR count). The highest BCUT2D eigenvalue weighted by molar-refractivity contribution is 6.37. The van der Waals surface area contributed by atoms with Crippen molar-refractivity contribution in [2.75, 3.05) is 0 Å². The van der Waals surface area contributed by atoms with Gasteiger partial charge in [0.05, 0.1) is 21.7 Å². The topological polar surface area (TPSA) is 33.0 Å². The first kappa shape index (κ1) is 13.7. The van der Waals surface area contributed by atoms with Crippen molar-refractivity contribution in [2.24, 2.45) is 0 Å². The SMILES string of the molecule is N#Cc1cc(Cl)c(OCc2ccc(F)cc2)c(Cl)c1. The van der Waals surface area contributed by atoms with Crippen LogP contribution < -0.4 is 4.74 Å². The highest BCUT2D eigenvalue weighted by Crippen LogP contribution is 2.34. The van der Waals surface area contributed by atoms with E-state index in [2.05, 4.69) is 0 Å². The van der Waals surface area contributed by atoms with E-state index in [4.69, 9.17) is 33.2 Å². The lowest BCUT2D eigenvalue weighted by Crippen LogP contribution is -1.97. The maximum atomic E-state index is 12.7. The van der Waals surface area contributed by atoms with Gasteiger partial charge in [0.25, 0.3) is 0 Å². The number of nitrogens with zero attached hydrogens (tertiary/aromatic N) is 1. The van der Waals surface area contributed by atoms with E-state index in [0.29, 0.717) is 11.3 Å². The normalized spacial score (nSPS) is 10.0. The Morgan fingerprint density at radius 1 is 1.11 bits per heavy atom. The highest BCUT2D eigenvalue weighted by Gasteiger charge is 2.10. The summed E-state index contributed by atoms with van der Waals surface area (Å²) in [5.41, 5.74) is 1.15. The number of nitriles is 1. The van der Waals surface area contributed by atoms with Crippen molar-refractivity contribution in [2.45, 2.75) is 6.61 Å². The maximum Gasteiger partial charge on any atom is 0.157 e. The van der Waals surface area contributed by atoms with Crippen LogP contribution in [0, 0.1) is 17.1 Å². The third kappa shape index (κ3) is 3.37.